The van der Waals surface area contributed by atoms with E-state index < -0.39 is 0 Å². The number of aliphatic hydroxyl groups is 1. The van der Waals surface area contributed by atoms with E-state index in [1.165, 1.54) is 0 Å². The van der Waals surface area contributed by atoms with Crippen molar-refractivity contribution in [2.24, 2.45) is 0 Å². The highest BCUT2D eigenvalue weighted by atomic mass is 16.5. The smallest absolute Gasteiger partial charge is 0.226 e. The van der Waals surface area contributed by atoms with Crippen LogP contribution < -0.4 is 5.32 Å². The number of carbonyl (C=O) groups is 1. The topological polar surface area (TPSA) is 58.6 Å². The normalized spacial score (nSPS) is 9.75. The zero-order valence-electron chi connectivity index (χ0n) is 12.0. The predicted molar refractivity (Wildman–Crippen MR) is 79.5 cm³/mol. The zero-order chi connectivity index (χ0) is 14.8. The van der Waals surface area contributed by atoms with Gasteiger partial charge in [-0.15, -0.1) is 0 Å². The van der Waals surface area contributed by atoms with Crippen LogP contribution in [0.2, 0.25) is 0 Å². The molecular weight excluding hydrogens is 254 g/mol. The van der Waals surface area contributed by atoms with Crippen LogP contribution in [0.1, 0.15) is 30.9 Å². The highest BCUT2D eigenvalue weighted by Crippen LogP contribution is 2.14. The van der Waals surface area contributed by atoms with E-state index in [1.807, 2.05) is 26.0 Å². The van der Waals surface area contributed by atoms with E-state index in [4.69, 9.17) is 9.84 Å². The summed E-state index contributed by atoms with van der Waals surface area (Å²) in [6, 6.07) is 5.51. The summed E-state index contributed by atoms with van der Waals surface area (Å²) in [5, 5.41) is 11.5. The molecule has 0 aromatic heterocycles. The molecule has 4 heteroatoms. The molecule has 0 radical (unpaired) electrons. The Hall–Kier alpha value is -1.83. The Morgan fingerprint density at radius 2 is 2.20 bits per heavy atom. The first-order valence-corrected chi connectivity index (χ1v) is 6.75. The largest absolute Gasteiger partial charge is 0.384 e. The van der Waals surface area contributed by atoms with Gasteiger partial charge < -0.3 is 15.2 Å². The van der Waals surface area contributed by atoms with Crippen molar-refractivity contribution in [2.45, 2.75) is 26.7 Å². The van der Waals surface area contributed by atoms with Gasteiger partial charge >= 0.3 is 0 Å². The molecule has 0 aliphatic rings. The van der Waals surface area contributed by atoms with Crippen LogP contribution in [0.3, 0.4) is 0 Å². The molecular formula is C16H21NO3. The number of ether oxygens (including phenoxy) is 1. The van der Waals surface area contributed by atoms with Gasteiger partial charge in [0.25, 0.3) is 0 Å². The summed E-state index contributed by atoms with van der Waals surface area (Å²) in [6.07, 6.45) is 1.31. The number of amides is 1. The second kappa shape index (κ2) is 9.13. The molecule has 0 bridgehead atoms. The molecule has 0 unspecified atom stereocenters. The summed E-state index contributed by atoms with van der Waals surface area (Å²) in [5.41, 5.74) is 2.56. The maximum Gasteiger partial charge on any atom is 0.226 e. The van der Waals surface area contributed by atoms with Crippen molar-refractivity contribution in [1.82, 2.24) is 0 Å². The van der Waals surface area contributed by atoms with Gasteiger partial charge in [-0.1, -0.05) is 18.8 Å². The number of aliphatic hydroxyl groups excluding tert-OH is 1. The molecule has 0 atom stereocenters. The van der Waals surface area contributed by atoms with E-state index in [0.717, 1.165) is 23.2 Å². The molecule has 0 saturated carbocycles. The molecule has 1 aromatic carbocycles. The molecule has 0 aliphatic carbocycles. The molecule has 0 heterocycles. The van der Waals surface area contributed by atoms with Crippen LogP contribution >= 0.6 is 0 Å². The summed E-state index contributed by atoms with van der Waals surface area (Å²) in [4.78, 5) is 11.7. The van der Waals surface area contributed by atoms with Crippen LogP contribution in [0.15, 0.2) is 18.2 Å². The molecule has 0 spiro atoms. The highest BCUT2D eigenvalue weighted by molar-refractivity contribution is 5.90. The second-order valence-electron chi connectivity index (χ2n) is 4.40. The maximum atomic E-state index is 11.7. The zero-order valence-corrected chi connectivity index (χ0v) is 12.0. The van der Waals surface area contributed by atoms with Crippen LogP contribution in [0, 0.1) is 18.8 Å². The fraction of sp³-hybridized carbons (Fsp3) is 0.438. The van der Waals surface area contributed by atoms with Gasteiger partial charge in [-0.2, -0.15) is 0 Å². The van der Waals surface area contributed by atoms with E-state index in [2.05, 4.69) is 17.2 Å². The second-order valence-corrected chi connectivity index (χ2v) is 4.40. The lowest BCUT2D eigenvalue weighted by Gasteiger charge is -2.07. The van der Waals surface area contributed by atoms with Crippen molar-refractivity contribution >= 4 is 11.6 Å². The Morgan fingerprint density at radius 3 is 2.85 bits per heavy atom. The van der Waals surface area contributed by atoms with Crippen molar-refractivity contribution in [3.8, 4) is 11.8 Å². The van der Waals surface area contributed by atoms with Crippen molar-refractivity contribution in [3.05, 3.63) is 29.3 Å². The fourth-order valence-electron chi connectivity index (χ4n) is 1.65. The molecule has 0 fully saturated rings. The molecule has 1 aromatic rings. The average molecular weight is 275 g/mol. The van der Waals surface area contributed by atoms with E-state index in [-0.39, 0.29) is 12.5 Å². The number of nitrogens with one attached hydrogen (secondary N) is 1. The maximum absolute atomic E-state index is 11.7. The number of rotatable bonds is 6. The lowest BCUT2D eigenvalue weighted by Crippen LogP contribution is -2.14. The summed E-state index contributed by atoms with van der Waals surface area (Å²) in [7, 11) is 0. The third-order valence-corrected chi connectivity index (χ3v) is 2.63. The lowest BCUT2D eigenvalue weighted by atomic mass is 10.1. The Bertz CT molecular complexity index is 500. The van der Waals surface area contributed by atoms with E-state index in [9.17, 15) is 4.79 Å². The van der Waals surface area contributed by atoms with Crippen LogP contribution in [0.4, 0.5) is 5.69 Å². The third kappa shape index (κ3) is 5.87. The van der Waals surface area contributed by atoms with Gasteiger partial charge in [0.1, 0.15) is 6.61 Å². The average Bonchev–Trinajstić information content (AvgIpc) is 2.43. The summed E-state index contributed by atoms with van der Waals surface area (Å²) >= 11 is 0. The first-order valence-electron chi connectivity index (χ1n) is 6.75. The van der Waals surface area contributed by atoms with Gasteiger partial charge in [0.15, 0.2) is 0 Å². The molecule has 4 nitrogen and oxygen atoms in total. The molecule has 108 valence electrons. The SMILES string of the molecule is CCCOCCC(=O)Nc1ccc(C#CCO)c(C)c1. The molecule has 0 aliphatic heterocycles. The van der Waals surface area contributed by atoms with Crippen molar-refractivity contribution in [3.63, 3.8) is 0 Å². The van der Waals surface area contributed by atoms with E-state index >= 15 is 0 Å². The van der Waals surface area contributed by atoms with Crippen LogP contribution in [-0.4, -0.2) is 30.8 Å². The molecule has 0 saturated heterocycles. The van der Waals surface area contributed by atoms with Gasteiger partial charge in [-0.3, -0.25) is 4.79 Å². The molecule has 20 heavy (non-hydrogen) atoms. The lowest BCUT2D eigenvalue weighted by molar-refractivity contribution is -0.117. The van der Waals surface area contributed by atoms with Gasteiger partial charge in [-0.25, -0.2) is 0 Å². The minimum Gasteiger partial charge on any atom is -0.384 e. The number of benzene rings is 1. The van der Waals surface area contributed by atoms with Gasteiger partial charge in [-0.05, 0) is 37.1 Å². The Morgan fingerprint density at radius 1 is 1.40 bits per heavy atom. The monoisotopic (exact) mass is 275 g/mol. The number of anilines is 1. The van der Waals surface area contributed by atoms with Crippen molar-refractivity contribution in [2.75, 3.05) is 25.1 Å². The first kappa shape index (κ1) is 16.2. The van der Waals surface area contributed by atoms with Gasteiger partial charge in [0.2, 0.25) is 5.91 Å². The van der Waals surface area contributed by atoms with Crippen LogP contribution in [0.5, 0.6) is 0 Å². The van der Waals surface area contributed by atoms with Crippen LogP contribution in [0.25, 0.3) is 0 Å². The number of hydrogen-bond acceptors (Lipinski definition) is 3. The summed E-state index contributed by atoms with van der Waals surface area (Å²) in [5.74, 6) is 5.41. The number of hydrogen-bond donors (Lipinski definition) is 2. The van der Waals surface area contributed by atoms with E-state index in [1.54, 1.807) is 6.07 Å². The van der Waals surface area contributed by atoms with Gasteiger partial charge in [0, 0.05) is 17.9 Å². The van der Waals surface area contributed by atoms with Crippen molar-refractivity contribution < 1.29 is 14.6 Å². The summed E-state index contributed by atoms with van der Waals surface area (Å²) < 4.78 is 5.28. The quantitative estimate of drug-likeness (QED) is 0.617. The Kier molecular flexibility index (Phi) is 7.41. The Balaban J connectivity index is 2.52. The molecule has 2 N–H and O–H groups in total. The minimum absolute atomic E-state index is 0.0605. The van der Waals surface area contributed by atoms with Crippen LogP contribution in [-0.2, 0) is 9.53 Å². The molecule has 1 amide bonds. The summed E-state index contributed by atoms with van der Waals surface area (Å²) in [6.45, 7) is 4.92. The Labute approximate surface area is 120 Å². The third-order valence-electron chi connectivity index (χ3n) is 2.63. The highest BCUT2D eigenvalue weighted by Gasteiger charge is 2.03. The number of carbonyl (C=O) groups excluding carboxylic acids is 1. The minimum atomic E-state index is -0.157. The number of aryl methyl sites for hydroxylation is 1. The molecule has 1 rings (SSSR count). The fourth-order valence-corrected chi connectivity index (χ4v) is 1.65. The predicted octanol–water partition coefficient (Wildman–Crippen LogP) is 2.09. The van der Waals surface area contributed by atoms with Gasteiger partial charge in [0.05, 0.1) is 13.0 Å². The first-order chi connectivity index (χ1) is 9.67. The standard InChI is InChI=1S/C16H21NO3/c1-3-10-20-11-8-16(19)17-15-7-6-14(5-4-9-18)13(2)12-15/h6-7,12,18H,3,8-11H2,1-2H3,(H,17,19). The van der Waals surface area contributed by atoms with Crippen molar-refractivity contribution in [1.29, 1.82) is 0 Å². The van der Waals surface area contributed by atoms with E-state index in [0.29, 0.717) is 19.6 Å².